The summed E-state index contributed by atoms with van der Waals surface area (Å²) in [7, 11) is 1.28. The highest BCUT2D eigenvalue weighted by atomic mass is 19.2. The zero-order valence-corrected chi connectivity index (χ0v) is 11.0. The third-order valence-electron chi connectivity index (χ3n) is 3.09. The van der Waals surface area contributed by atoms with Crippen molar-refractivity contribution in [2.24, 2.45) is 0 Å². The highest BCUT2D eigenvalue weighted by Gasteiger charge is 2.20. The Kier molecular flexibility index (Phi) is 3.99. The number of benzene rings is 2. The molecule has 0 bridgehead atoms. The fraction of sp³-hybridized carbons (Fsp3) is 0.200. The summed E-state index contributed by atoms with van der Waals surface area (Å²) in [6, 6.07) is 6.31. The van der Waals surface area contributed by atoms with E-state index in [1.54, 1.807) is 0 Å². The van der Waals surface area contributed by atoms with Crippen LogP contribution in [-0.4, -0.2) is 12.2 Å². The van der Waals surface area contributed by atoms with E-state index in [1.165, 1.54) is 38.3 Å². The van der Waals surface area contributed by atoms with Crippen LogP contribution in [0.4, 0.5) is 13.2 Å². The summed E-state index contributed by atoms with van der Waals surface area (Å²) < 4.78 is 45.4. The van der Waals surface area contributed by atoms with Crippen molar-refractivity contribution in [2.45, 2.75) is 13.0 Å². The van der Waals surface area contributed by atoms with E-state index in [4.69, 9.17) is 4.74 Å². The Balaban J connectivity index is 2.46. The first-order valence-electron chi connectivity index (χ1n) is 5.91. The fourth-order valence-corrected chi connectivity index (χ4v) is 1.90. The maximum Gasteiger partial charge on any atom is 0.165 e. The van der Waals surface area contributed by atoms with Gasteiger partial charge in [0.2, 0.25) is 0 Å². The Morgan fingerprint density at radius 2 is 1.75 bits per heavy atom. The smallest absolute Gasteiger partial charge is 0.165 e. The van der Waals surface area contributed by atoms with E-state index in [9.17, 15) is 18.3 Å². The minimum atomic E-state index is -1.40. The summed E-state index contributed by atoms with van der Waals surface area (Å²) in [6.07, 6.45) is -1.40. The molecule has 0 aromatic heterocycles. The Hall–Kier alpha value is -2.01. The molecule has 20 heavy (non-hydrogen) atoms. The lowest BCUT2D eigenvalue weighted by molar-refractivity contribution is 0.212. The van der Waals surface area contributed by atoms with Crippen LogP contribution in [0.2, 0.25) is 0 Å². The molecular formula is C15H13F3O2. The topological polar surface area (TPSA) is 29.5 Å². The number of hydrogen-bond donors (Lipinski definition) is 1. The summed E-state index contributed by atoms with van der Waals surface area (Å²) in [6.45, 7) is 1.43. The van der Waals surface area contributed by atoms with Crippen LogP contribution in [0.25, 0.3) is 0 Å². The molecule has 0 aliphatic rings. The largest absolute Gasteiger partial charge is 0.494 e. The molecule has 1 atom stereocenters. The van der Waals surface area contributed by atoms with E-state index in [2.05, 4.69) is 0 Å². The standard InChI is InChI=1S/C15H13F3O2/c1-8-3-5-10(14(18)13(8)17)15(19)9-4-6-11(16)12(7-9)20-2/h3-7,15,19H,1-2H3. The monoisotopic (exact) mass is 282 g/mol. The molecule has 0 aliphatic heterocycles. The molecule has 0 saturated heterocycles. The van der Waals surface area contributed by atoms with Gasteiger partial charge in [-0.1, -0.05) is 18.2 Å². The summed E-state index contributed by atoms with van der Waals surface area (Å²) in [5.41, 5.74) is 0.155. The number of ether oxygens (including phenoxy) is 1. The van der Waals surface area contributed by atoms with Crippen molar-refractivity contribution in [3.05, 3.63) is 64.5 Å². The van der Waals surface area contributed by atoms with Gasteiger partial charge in [-0.15, -0.1) is 0 Å². The molecule has 1 N–H and O–H groups in total. The third kappa shape index (κ3) is 2.49. The number of methoxy groups -OCH3 is 1. The molecule has 5 heteroatoms. The normalized spacial score (nSPS) is 12.3. The molecule has 0 radical (unpaired) electrons. The highest BCUT2D eigenvalue weighted by Crippen LogP contribution is 2.29. The van der Waals surface area contributed by atoms with E-state index in [0.717, 1.165) is 6.07 Å². The van der Waals surface area contributed by atoms with Gasteiger partial charge in [0.15, 0.2) is 23.2 Å². The van der Waals surface area contributed by atoms with Crippen molar-refractivity contribution in [1.82, 2.24) is 0 Å². The van der Waals surface area contributed by atoms with Gasteiger partial charge in [0.25, 0.3) is 0 Å². The molecule has 0 aliphatic carbocycles. The molecule has 2 nitrogen and oxygen atoms in total. The molecule has 0 fully saturated rings. The quantitative estimate of drug-likeness (QED) is 0.933. The number of aliphatic hydroxyl groups is 1. The number of halogens is 3. The third-order valence-corrected chi connectivity index (χ3v) is 3.09. The second-order valence-electron chi connectivity index (χ2n) is 4.40. The van der Waals surface area contributed by atoms with Gasteiger partial charge in [-0.05, 0) is 30.2 Å². The van der Waals surface area contributed by atoms with Crippen LogP contribution in [-0.2, 0) is 0 Å². The van der Waals surface area contributed by atoms with Crippen LogP contribution in [0.3, 0.4) is 0 Å². The maximum atomic E-state index is 13.8. The van der Waals surface area contributed by atoms with Gasteiger partial charge >= 0.3 is 0 Å². The number of rotatable bonds is 3. The van der Waals surface area contributed by atoms with Crippen molar-refractivity contribution in [3.8, 4) is 5.75 Å². The minimum Gasteiger partial charge on any atom is -0.494 e. The molecular weight excluding hydrogens is 269 g/mol. The van der Waals surface area contributed by atoms with Crippen molar-refractivity contribution < 1.29 is 23.0 Å². The van der Waals surface area contributed by atoms with Crippen molar-refractivity contribution in [3.63, 3.8) is 0 Å². The summed E-state index contributed by atoms with van der Waals surface area (Å²) in [4.78, 5) is 0. The second kappa shape index (κ2) is 5.54. The maximum absolute atomic E-state index is 13.8. The van der Waals surface area contributed by atoms with E-state index in [0.29, 0.717) is 0 Å². The average Bonchev–Trinajstić information content (AvgIpc) is 2.45. The molecule has 1 unspecified atom stereocenters. The molecule has 106 valence electrons. The minimum absolute atomic E-state index is 0.0745. The predicted octanol–water partition coefficient (Wildman–Crippen LogP) is 3.50. The van der Waals surface area contributed by atoms with Crippen LogP contribution >= 0.6 is 0 Å². The molecule has 2 rings (SSSR count). The van der Waals surface area contributed by atoms with Gasteiger partial charge in [-0.25, -0.2) is 13.2 Å². The SMILES string of the molecule is COc1cc(C(O)c2ccc(C)c(F)c2F)ccc1F. The fourth-order valence-electron chi connectivity index (χ4n) is 1.90. The molecule has 0 spiro atoms. The van der Waals surface area contributed by atoms with Crippen LogP contribution < -0.4 is 4.74 Å². The number of aliphatic hydroxyl groups excluding tert-OH is 1. The van der Waals surface area contributed by atoms with Gasteiger partial charge in [0.05, 0.1) is 7.11 Å². The van der Waals surface area contributed by atoms with E-state index < -0.39 is 23.6 Å². The second-order valence-corrected chi connectivity index (χ2v) is 4.40. The van der Waals surface area contributed by atoms with Gasteiger partial charge in [0.1, 0.15) is 6.10 Å². The Morgan fingerprint density at radius 1 is 1.05 bits per heavy atom. The van der Waals surface area contributed by atoms with E-state index in [1.807, 2.05) is 0 Å². The average molecular weight is 282 g/mol. The van der Waals surface area contributed by atoms with Gasteiger partial charge in [-0.2, -0.15) is 0 Å². The first kappa shape index (κ1) is 14.4. The summed E-state index contributed by atoms with van der Waals surface area (Å²) in [5, 5.41) is 10.1. The summed E-state index contributed by atoms with van der Waals surface area (Å²) in [5.74, 6) is -2.79. The van der Waals surface area contributed by atoms with E-state index in [-0.39, 0.29) is 22.4 Å². The molecule has 0 saturated carbocycles. The van der Waals surface area contributed by atoms with Crippen LogP contribution in [0, 0.1) is 24.4 Å². The molecule has 2 aromatic carbocycles. The van der Waals surface area contributed by atoms with Crippen molar-refractivity contribution >= 4 is 0 Å². The van der Waals surface area contributed by atoms with Crippen LogP contribution in [0.15, 0.2) is 30.3 Å². The van der Waals surface area contributed by atoms with E-state index >= 15 is 0 Å². The lowest BCUT2D eigenvalue weighted by Crippen LogP contribution is -2.06. The molecule has 2 aromatic rings. The first-order chi connectivity index (χ1) is 9.45. The lowest BCUT2D eigenvalue weighted by atomic mass is 9.99. The van der Waals surface area contributed by atoms with Crippen molar-refractivity contribution in [1.29, 1.82) is 0 Å². The Bertz CT molecular complexity index is 641. The number of aryl methyl sites for hydroxylation is 1. The Labute approximate surface area is 114 Å². The lowest BCUT2D eigenvalue weighted by Gasteiger charge is -2.14. The van der Waals surface area contributed by atoms with Crippen molar-refractivity contribution in [2.75, 3.05) is 7.11 Å². The van der Waals surface area contributed by atoms with Crippen LogP contribution in [0.5, 0.6) is 5.75 Å². The predicted molar refractivity (Wildman–Crippen MR) is 68.1 cm³/mol. The zero-order chi connectivity index (χ0) is 14.9. The first-order valence-corrected chi connectivity index (χ1v) is 5.91. The summed E-state index contributed by atoms with van der Waals surface area (Å²) >= 11 is 0. The molecule has 0 heterocycles. The molecule has 0 amide bonds. The van der Waals surface area contributed by atoms with Gasteiger partial charge < -0.3 is 9.84 Å². The van der Waals surface area contributed by atoms with Crippen LogP contribution in [0.1, 0.15) is 22.8 Å². The zero-order valence-electron chi connectivity index (χ0n) is 11.0. The highest BCUT2D eigenvalue weighted by molar-refractivity contribution is 5.38. The van der Waals surface area contributed by atoms with Gasteiger partial charge in [-0.3, -0.25) is 0 Å². The number of hydrogen-bond acceptors (Lipinski definition) is 2. The Morgan fingerprint density at radius 3 is 2.40 bits per heavy atom. The van der Waals surface area contributed by atoms with Gasteiger partial charge in [0, 0.05) is 5.56 Å².